The maximum absolute atomic E-state index is 11.8. The average molecular weight is 714 g/mol. The molecule has 2 atom stereocenters. The fourth-order valence-corrected chi connectivity index (χ4v) is 5.86. The van der Waals surface area contributed by atoms with Gasteiger partial charge in [0.05, 0.1) is 31.7 Å². The quantitative estimate of drug-likeness (QED) is 0.151. The van der Waals surface area contributed by atoms with Crippen LogP contribution < -0.4 is 30.2 Å². The SMILES string of the molecule is CCOC(=O)CC1OB(O)c2cc(Oc3ccnc(N(C)C)n3)cc(C)c21.Cc1cc(Oc2ccnc(N(C)C)n2)cc2c1C(CC(=O)O)OB2O. The number of aliphatic carboxylic acids is 1. The summed E-state index contributed by atoms with van der Waals surface area (Å²) in [5.41, 5.74) is 4.23. The fourth-order valence-electron chi connectivity index (χ4n) is 5.86. The number of benzene rings is 2. The summed E-state index contributed by atoms with van der Waals surface area (Å²) in [5, 5.41) is 29.4. The molecule has 18 heteroatoms. The van der Waals surface area contributed by atoms with Gasteiger partial charge >= 0.3 is 26.2 Å². The highest BCUT2D eigenvalue weighted by Crippen LogP contribution is 2.34. The number of carboxylic acids is 1. The van der Waals surface area contributed by atoms with Crippen LogP contribution in [0.2, 0.25) is 0 Å². The van der Waals surface area contributed by atoms with Crippen molar-refractivity contribution in [3.05, 3.63) is 71.0 Å². The van der Waals surface area contributed by atoms with Crippen LogP contribution in [0.1, 0.15) is 54.2 Å². The minimum Gasteiger partial charge on any atom is -0.481 e. The molecule has 16 nitrogen and oxygen atoms in total. The maximum atomic E-state index is 11.8. The molecule has 2 aromatic heterocycles. The molecular formula is C34H40B2N6O10. The zero-order chi connectivity index (χ0) is 37.7. The van der Waals surface area contributed by atoms with Crippen LogP contribution in [0.25, 0.3) is 0 Å². The van der Waals surface area contributed by atoms with Crippen molar-refractivity contribution < 1.29 is 48.3 Å². The summed E-state index contributed by atoms with van der Waals surface area (Å²) in [7, 11) is 5.05. The Morgan fingerprint density at radius 1 is 0.769 bits per heavy atom. The van der Waals surface area contributed by atoms with E-state index in [9.17, 15) is 19.6 Å². The largest absolute Gasteiger partial charge is 0.492 e. The zero-order valence-electron chi connectivity index (χ0n) is 29.9. The predicted molar refractivity (Wildman–Crippen MR) is 192 cm³/mol. The van der Waals surface area contributed by atoms with Gasteiger partial charge in [-0.25, -0.2) is 9.97 Å². The molecule has 3 N–H and O–H groups in total. The summed E-state index contributed by atoms with van der Waals surface area (Å²) in [6, 6.07) is 10.2. The van der Waals surface area contributed by atoms with Crippen molar-refractivity contribution in [3.63, 3.8) is 0 Å². The molecule has 0 saturated heterocycles. The number of hydrogen-bond acceptors (Lipinski definition) is 15. The van der Waals surface area contributed by atoms with Gasteiger partial charge in [-0.15, -0.1) is 0 Å². The van der Waals surface area contributed by atoms with Gasteiger partial charge < -0.3 is 48.5 Å². The summed E-state index contributed by atoms with van der Waals surface area (Å²) >= 11 is 0. The van der Waals surface area contributed by atoms with E-state index < -0.39 is 32.4 Å². The van der Waals surface area contributed by atoms with E-state index in [1.165, 1.54) is 0 Å². The number of fused-ring (bicyclic) bond motifs is 2. The minimum atomic E-state index is -1.18. The molecule has 0 bridgehead atoms. The number of esters is 1. The lowest BCUT2D eigenvalue weighted by atomic mass is 9.77. The predicted octanol–water partition coefficient (Wildman–Crippen LogP) is 2.23. The van der Waals surface area contributed by atoms with E-state index >= 15 is 0 Å². The van der Waals surface area contributed by atoms with Gasteiger partial charge in [-0.3, -0.25) is 9.59 Å². The van der Waals surface area contributed by atoms with Crippen molar-refractivity contribution in [1.29, 1.82) is 0 Å². The Balaban J connectivity index is 0.000000202. The van der Waals surface area contributed by atoms with E-state index in [1.54, 1.807) is 59.4 Å². The second kappa shape index (κ2) is 16.4. The van der Waals surface area contributed by atoms with Crippen molar-refractivity contribution in [2.75, 3.05) is 44.6 Å². The first-order valence-corrected chi connectivity index (χ1v) is 16.4. The Labute approximate surface area is 301 Å². The third-order valence-corrected chi connectivity index (χ3v) is 8.04. The normalized spacial score (nSPS) is 15.6. The van der Waals surface area contributed by atoms with Crippen LogP contribution in [0, 0.1) is 13.8 Å². The van der Waals surface area contributed by atoms with Crippen LogP contribution in [0.5, 0.6) is 23.3 Å². The molecule has 0 amide bonds. The molecule has 2 aliphatic heterocycles. The zero-order valence-corrected chi connectivity index (χ0v) is 29.9. The van der Waals surface area contributed by atoms with Crippen molar-refractivity contribution in [2.24, 2.45) is 0 Å². The van der Waals surface area contributed by atoms with E-state index in [0.29, 0.717) is 58.3 Å². The van der Waals surface area contributed by atoms with Crippen LogP contribution in [0.15, 0.2) is 48.8 Å². The molecular weight excluding hydrogens is 674 g/mol. The van der Waals surface area contributed by atoms with Gasteiger partial charge in [0, 0.05) is 52.7 Å². The highest BCUT2D eigenvalue weighted by molar-refractivity contribution is 6.62. The standard InChI is InChI=1S/C18H22BN3O5.C16H18BN3O5/c1-5-25-16(23)10-14-17-11(2)8-12(9-13(17)19(24)27-14)26-15-6-7-20-18(21-15)22(3)4;1-9-6-10(24-13-4-5-18-16(19-13)20(2)3)7-11-15(9)12(8-14(21)22)25-17(11)23/h6-9,14,24H,5,10H2,1-4H3;4-7,12,23H,8H2,1-3H3,(H,21,22). The molecule has 0 saturated carbocycles. The Hall–Kier alpha value is -5.29. The monoisotopic (exact) mass is 714 g/mol. The maximum Gasteiger partial charge on any atom is 0.492 e. The Morgan fingerprint density at radius 3 is 1.62 bits per heavy atom. The first-order chi connectivity index (χ1) is 24.7. The molecule has 272 valence electrons. The minimum absolute atomic E-state index is 0.0526. The third-order valence-electron chi connectivity index (χ3n) is 8.04. The summed E-state index contributed by atoms with van der Waals surface area (Å²) in [6.45, 7) is 5.77. The molecule has 4 aromatic rings. The number of carbonyl (C=O) groups is 2. The summed E-state index contributed by atoms with van der Waals surface area (Å²) in [6.07, 6.45) is 1.85. The lowest BCUT2D eigenvalue weighted by Crippen LogP contribution is -2.28. The Bertz CT molecular complexity index is 1930. The number of nitrogens with zero attached hydrogens (tertiary/aromatic N) is 6. The fraction of sp³-hybridized carbons (Fsp3) is 0.353. The van der Waals surface area contributed by atoms with Crippen molar-refractivity contribution >= 4 is 49.0 Å². The lowest BCUT2D eigenvalue weighted by molar-refractivity contribution is -0.145. The van der Waals surface area contributed by atoms with Gasteiger partial charge in [0.2, 0.25) is 23.7 Å². The van der Waals surface area contributed by atoms with Crippen LogP contribution in [0.4, 0.5) is 11.9 Å². The van der Waals surface area contributed by atoms with Gasteiger partial charge in [-0.1, -0.05) is 0 Å². The number of carboxylic acid groups (broad SMARTS) is 1. The highest BCUT2D eigenvalue weighted by Gasteiger charge is 2.39. The lowest BCUT2D eigenvalue weighted by Gasteiger charge is -2.15. The van der Waals surface area contributed by atoms with Crippen molar-refractivity contribution in [3.8, 4) is 23.3 Å². The Morgan fingerprint density at radius 2 is 1.21 bits per heavy atom. The summed E-state index contributed by atoms with van der Waals surface area (Å²) in [5.74, 6) is 1.47. The smallest absolute Gasteiger partial charge is 0.481 e. The number of anilines is 2. The van der Waals surface area contributed by atoms with Crippen molar-refractivity contribution in [1.82, 2.24) is 19.9 Å². The first kappa shape index (κ1) is 38.0. The molecule has 0 spiro atoms. The van der Waals surface area contributed by atoms with E-state index in [2.05, 4.69) is 19.9 Å². The van der Waals surface area contributed by atoms with E-state index in [4.69, 9.17) is 28.6 Å². The Kier molecular flexibility index (Phi) is 11.9. The number of aryl methyl sites for hydroxylation is 2. The van der Waals surface area contributed by atoms with Crippen LogP contribution in [-0.2, 0) is 23.6 Å². The second-order valence-electron chi connectivity index (χ2n) is 12.4. The van der Waals surface area contributed by atoms with Gasteiger partial charge in [0.15, 0.2) is 0 Å². The van der Waals surface area contributed by atoms with Gasteiger partial charge in [0.25, 0.3) is 0 Å². The van der Waals surface area contributed by atoms with Gasteiger partial charge in [-0.05, 0) is 78.2 Å². The second-order valence-corrected chi connectivity index (χ2v) is 12.4. The van der Waals surface area contributed by atoms with Crippen LogP contribution in [-0.4, -0.2) is 96.1 Å². The van der Waals surface area contributed by atoms with Crippen LogP contribution >= 0.6 is 0 Å². The molecule has 0 aliphatic carbocycles. The van der Waals surface area contributed by atoms with Crippen LogP contribution in [0.3, 0.4) is 0 Å². The molecule has 2 unspecified atom stereocenters. The van der Waals surface area contributed by atoms with E-state index in [0.717, 1.165) is 16.7 Å². The first-order valence-electron chi connectivity index (χ1n) is 16.4. The molecule has 2 aliphatic rings. The molecule has 0 fully saturated rings. The molecule has 6 rings (SSSR count). The van der Waals surface area contributed by atoms with E-state index in [-0.39, 0.29) is 18.8 Å². The number of hydrogen-bond donors (Lipinski definition) is 3. The summed E-state index contributed by atoms with van der Waals surface area (Å²) < 4.78 is 27.5. The number of carbonyl (C=O) groups excluding carboxylic acids is 1. The summed E-state index contributed by atoms with van der Waals surface area (Å²) in [4.78, 5) is 43.2. The average Bonchev–Trinajstić information content (AvgIpc) is 3.56. The number of ether oxygens (including phenoxy) is 3. The number of aromatic nitrogens is 4. The topological polar surface area (TPSA) is 199 Å². The third kappa shape index (κ3) is 8.95. The van der Waals surface area contributed by atoms with Crippen molar-refractivity contribution in [2.45, 2.75) is 45.8 Å². The van der Waals surface area contributed by atoms with Gasteiger partial charge in [0.1, 0.15) is 11.5 Å². The van der Waals surface area contributed by atoms with Gasteiger partial charge in [-0.2, -0.15) is 9.97 Å². The molecule has 2 aromatic carbocycles. The van der Waals surface area contributed by atoms with E-state index in [1.807, 2.05) is 48.1 Å². The highest BCUT2D eigenvalue weighted by atomic mass is 16.6. The molecule has 4 heterocycles. The molecule has 52 heavy (non-hydrogen) atoms. The number of rotatable bonds is 11. The molecule has 0 radical (unpaired) electrons.